The third-order valence-corrected chi connectivity index (χ3v) is 3.43. The summed E-state index contributed by atoms with van der Waals surface area (Å²) in [6, 6.07) is 5.17. The van der Waals surface area contributed by atoms with Gasteiger partial charge in [-0.15, -0.1) is 0 Å². The second-order valence-corrected chi connectivity index (χ2v) is 5.21. The number of aliphatic hydroxyl groups excluding tert-OH is 1. The molecule has 4 heteroatoms. The van der Waals surface area contributed by atoms with Crippen molar-refractivity contribution in [2.24, 2.45) is 0 Å². The number of carbonyl (C=O) groups excluding carboxylic acids is 1. The lowest BCUT2D eigenvalue weighted by Gasteiger charge is -2.34. The fraction of sp³-hybridized carbons (Fsp3) is 0.462. The highest BCUT2D eigenvalue weighted by molar-refractivity contribution is 6.31. The SMILES string of the molecule is Cc1cc(C(=O)N(C)C(C)(C)CO)ccc1Cl. The van der Waals surface area contributed by atoms with Crippen molar-refractivity contribution in [1.82, 2.24) is 4.90 Å². The van der Waals surface area contributed by atoms with E-state index < -0.39 is 5.54 Å². The molecular formula is C13H18ClNO2. The van der Waals surface area contributed by atoms with Crippen LogP contribution in [0.2, 0.25) is 5.02 Å². The number of hydrogen-bond acceptors (Lipinski definition) is 2. The number of benzene rings is 1. The number of aliphatic hydroxyl groups is 1. The topological polar surface area (TPSA) is 40.5 Å². The lowest BCUT2D eigenvalue weighted by Crippen LogP contribution is -2.47. The Morgan fingerprint density at radius 3 is 2.53 bits per heavy atom. The Hall–Kier alpha value is -1.06. The summed E-state index contributed by atoms with van der Waals surface area (Å²) in [6.07, 6.45) is 0. The highest BCUT2D eigenvalue weighted by Crippen LogP contribution is 2.20. The zero-order valence-corrected chi connectivity index (χ0v) is 11.4. The molecule has 1 N–H and O–H groups in total. The lowest BCUT2D eigenvalue weighted by atomic mass is 10.0. The van der Waals surface area contributed by atoms with Gasteiger partial charge in [-0.1, -0.05) is 11.6 Å². The fourth-order valence-corrected chi connectivity index (χ4v) is 1.47. The Morgan fingerprint density at radius 2 is 2.06 bits per heavy atom. The van der Waals surface area contributed by atoms with Crippen LogP contribution in [0.1, 0.15) is 29.8 Å². The fourth-order valence-electron chi connectivity index (χ4n) is 1.35. The molecule has 0 aliphatic heterocycles. The van der Waals surface area contributed by atoms with E-state index in [-0.39, 0.29) is 12.5 Å². The van der Waals surface area contributed by atoms with Crippen LogP contribution >= 0.6 is 11.6 Å². The van der Waals surface area contributed by atoms with Gasteiger partial charge in [0.15, 0.2) is 0 Å². The molecule has 1 aromatic carbocycles. The second-order valence-electron chi connectivity index (χ2n) is 4.80. The molecule has 0 aliphatic rings. The van der Waals surface area contributed by atoms with Crippen molar-refractivity contribution < 1.29 is 9.90 Å². The van der Waals surface area contributed by atoms with E-state index in [1.54, 1.807) is 25.2 Å². The van der Waals surface area contributed by atoms with Gasteiger partial charge < -0.3 is 10.0 Å². The van der Waals surface area contributed by atoms with Crippen LogP contribution in [0.25, 0.3) is 0 Å². The van der Waals surface area contributed by atoms with E-state index in [1.807, 2.05) is 20.8 Å². The third-order valence-electron chi connectivity index (χ3n) is 3.00. The molecule has 0 saturated carbocycles. The number of nitrogens with zero attached hydrogens (tertiary/aromatic N) is 1. The first-order chi connectivity index (χ1) is 7.79. The van der Waals surface area contributed by atoms with Crippen LogP contribution in [-0.2, 0) is 0 Å². The van der Waals surface area contributed by atoms with Crippen LogP contribution in [0.4, 0.5) is 0 Å². The normalized spacial score (nSPS) is 11.4. The standard InChI is InChI=1S/C13H18ClNO2/c1-9-7-10(5-6-11(9)14)12(17)15(4)13(2,3)8-16/h5-7,16H,8H2,1-4H3. The monoisotopic (exact) mass is 255 g/mol. The van der Waals surface area contributed by atoms with Gasteiger partial charge in [0.05, 0.1) is 12.1 Å². The number of hydrogen-bond donors (Lipinski definition) is 1. The number of halogens is 1. The molecule has 0 atom stereocenters. The molecule has 0 spiro atoms. The zero-order chi connectivity index (χ0) is 13.2. The van der Waals surface area contributed by atoms with Crippen LogP contribution < -0.4 is 0 Å². The summed E-state index contributed by atoms with van der Waals surface area (Å²) in [5.41, 5.74) is 0.869. The van der Waals surface area contributed by atoms with Crippen LogP contribution in [-0.4, -0.2) is 35.1 Å². The minimum atomic E-state index is -0.579. The van der Waals surface area contributed by atoms with Gasteiger partial charge >= 0.3 is 0 Å². The van der Waals surface area contributed by atoms with E-state index in [1.165, 1.54) is 4.90 Å². The van der Waals surface area contributed by atoms with E-state index in [0.29, 0.717) is 10.6 Å². The second kappa shape index (κ2) is 5.07. The van der Waals surface area contributed by atoms with Crippen molar-refractivity contribution in [3.05, 3.63) is 34.3 Å². The number of carbonyl (C=O) groups is 1. The van der Waals surface area contributed by atoms with E-state index >= 15 is 0 Å². The maximum atomic E-state index is 12.2. The smallest absolute Gasteiger partial charge is 0.254 e. The van der Waals surface area contributed by atoms with Gasteiger partial charge in [-0.25, -0.2) is 0 Å². The minimum Gasteiger partial charge on any atom is -0.394 e. The Balaban J connectivity index is 3.01. The minimum absolute atomic E-state index is 0.0815. The lowest BCUT2D eigenvalue weighted by molar-refractivity contribution is 0.0473. The first-order valence-electron chi connectivity index (χ1n) is 5.45. The summed E-state index contributed by atoms with van der Waals surface area (Å²) in [6.45, 7) is 5.40. The Bertz CT molecular complexity index is 429. The molecule has 0 bridgehead atoms. The molecule has 0 unspecified atom stereocenters. The van der Waals surface area contributed by atoms with E-state index in [9.17, 15) is 9.90 Å². The highest BCUT2D eigenvalue weighted by atomic mass is 35.5. The largest absolute Gasteiger partial charge is 0.394 e. The van der Waals surface area contributed by atoms with Crippen molar-refractivity contribution in [1.29, 1.82) is 0 Å². The quantitative estimate of drug-likeness (QED) is 0.902. The molecule has 0 aromatic heterocycles. The van der Waals surface area contributed by atoms with Crippen LogP contribution in [0.5, 0.6) is 0 Å². The first kappa shape index (κ1) is 14.0. The van der Waals surface area contributed by atoms with Gasteiger partial charge in [-0.05, 0) is 44.5 Å². The third kappa shape index (κ3) is 2.99. The van der Waals surface area contributed by atoms with Gasteiger partial charge in [0.2, 0.25) is 0 Å². The Kier molecular flexibility index (Phi) is 4.17. The molecule has 17 heavy (non-hydrogen) atoms. The van der Waals surface area contributed by atoms with Crippen LogP contribution in [0.15, 0.2) is 18.2 Å². The summed E-state index contributed by atoms with van der Waals surface area (Å²) < 4.78 is 0. The van der Waals surface area contributed by atoms with Crippen molar-refractivity contribution in [3.8, 4) is 0 Å². The maximum Gasteiger partial charge on any atom is 0.254 e. The molecule has 1 amide bonds. The molecule has 0 aliphatic carbocycles. The zero-order valence-electron chi connectivity index (χ0n) is 10.6. The van der Waals surface area contributed by atoms with Crippen LogP contribution in [0, 0.1) is 6.92 Å². The van der Waals surface area contributed by atoms with Gasteiger partial charge in [-0.3, -0.25) is 4.79 Å². The number of rotatable bonds is 3. The van der Waals surface area contributed by atoms with E-state index in [0.717, 1.165) is 5.56 Å². The summed E-state index contributed by atoms with van der Waals surface area (Å²) in [5.74, 6) is -0.121. The average Bonchev–Trinajstić information content (AvgIpc) is 2.30. The summed E-state index contributed by atoms with van der Waals surface area (Å²) >= 11 is 5.92. The molecule has 0 fully saturated rings. The summed E-state index contributed by atoms with van der Waals surface area (Å²) in [7, 11) is 1.68. The average molecular weight is 256 g/mol. The predicted molar refractivity (Wildman–Crippen MR) is 69.4 cm³/mol. The van der Waals surface area contributed by atoms with Gasteiger partial charge in [-0.2, -0.15) is 0 Å². The van der Waals surface area contributed by atoms with Crippen molar-refractivity contribution in [2.75, 3.05) is 13.7 Å². The molecule has 1 aromatic rings. The van der Waals surface area contributed by atoms with E-state index in [2.05, 4.69) is 0 Å². The van der Waals surface area contributed by atoms with Crippen molar-refractivity contribution >= 4 is 17.5 Å². The Morgan fingerprint density at radius 1 is 1.47 bits per heavy atom. The number of likely N-dealkylation sites (N-methyl/N-ethyl adjacent to an activating group) is 1. The molecule has 0 saturated heterocycles. The molecule has 3 nitrogen and oxygen atoms in total. The van der Waals surface area contributed by atoms with E-state index in [4.69, 9.17) is 11.6 Å². The molecule has 1 rings (SSSR count). The molecule has 0 heterocycles. The van der Waals surface area contributed by atoms with Gasteiger partial charge in [0.1, 0.15) is 0 Å². The number of aryl methyl sites for hydroxylation is 1. The van der Waals surface area contributed by atoms with Crippen LogP contribution in [0.3, 0.4) is 0 Å². The first-order valence-corrected chi connectivity index (χ1v) is 5.82. The van der Waals surface area contributed by atoms with Gasteiger partial charge in [0.25, 0.3) is 5.91 Å². The summed E-state index contributed by atoms with van der Waals surface area (Å²) in [5, 5.41) is 9.89. The predicted octanol–water partition coefficient (Wildman–Crippen LogP) is 2.49. The molecule has 94 valence electrons. The van der Waals surface area contributed by atoms with Gasteiger partial charge in [0, 0.05) is 17.6 Å². The number of amides is 1. The van der Waals surface area contributed by atoms with Crippen molar-refractivity contribution in [2.45, 2.75) is 26.3 Å². The molecular weight excluding hydrogens is 238 g/mol. The van der Waals surface area contributed by atoms with Crippen molar-refractivity contribution in [3.63, 3.8) is 0 Å². The summed E-state index contributed by atoms with van der Waals surface area (Å²) in [4.78, 5) is 13.7. The highest BCUT2D eigenvalue weighted by Gasteiger charge is 2.27. The maximum absolute atomic E-state index is 12.2. The molecule has 0 radical (unpaired) electrons. The Labute approximate surface area is 107 Å².